The highest BCUT2D eigenvalue weighted by atomic mass is 16.5. The van der Waals surface area contributed by atoms with E-state index in [0.717, 1.165) is 63.3 Å². The van der Waals surface area contributed by atoms with Gasteiger partial charge in [-0.2, -0.15) is 4.98 Å². The molecule has 0 spiro atoms. The molecule has 8 nitrogen and oxygen atoms in total. The Hall–Kier alpha value is -2.61. The largest absolute Gasteiger partial charge is 0.493 e. The van der Waals surface area contributed by atoms with Crippen LogP contribution in [0, 0.1) is 11.8 Å². The van der Waals surface area contributed by atoms with Crippen molar-refractivity contribution >= 4 is 5.91 Å². The van der Waals surface area contributed by atoms with Crippen molar-refractivity contribution in [1.29, 1.82) is 0 Å². The second-order valence-electron chi connectivity index (χ2n) is 8.64. The summed E-state index contributed by atoms with van der Waals surface area (Å²) in [7, 11) is 3.21. The van der Waals surface area contributed by atoms with Gasteiger partial charge in [-0.25, -0.2) is 0 Å². The summed E-state index contributed by atoms with van der Waals surface area (Å²) in [4.78, 5) is 21.7. The molecule has 1 amide bonds. The summed E-state index contributed by atoms with van der Waals surface area (Å²) in [6.07, 6.45) is 4.04. The Bertz CT molecular complexity index is 883. The quantitative estimate of drug-likeness (QED) is 0.699. The molecule has 0 saturated carbocycles. The molecule has 0 bridgehead atoms. The van der Waals surface area contributed by atoms with E-state index in [9.17, 15) is 4.79 Å². The lowest BCUT2D eigenvalue weighted by Gasteiger charge is -2.36. The number of aromatic nitrogens is 2. The van der Waals surface area contributed by atoms with Crippen LogP contribution < -0.4 is 9.47 Å². The average Bonchev–Trinajstić information content (AvgIpc) is 3.27. The van der Waals surface area contributed by atoms with Gasteiger partial charge in [-0.3, -0.25) is 9.69 Å². The van der Waals surface area contributed by atoms with E-state index in [2.05, 4.69) is 26.9 Å². The molecule has 1 aromatic heterocycles. The number of rotatable bonds is 6. The number of hydrogen-bond donors (Lipinski definition) is 0. The zero-order valence-electron chi connectivity index (χ0n) is 18.7. The molecule has 0 atom stereocenters. The van der Waals surface area contributed by atoms with Crippen molar-refractivity contribution in [3.05, 3.63) is 24.1 Å². The van der Waals surface area contributed by atoms with Gasteiger partial charge >= 0.3 is 0 Å². The van der Waals surface area contributed by atoms with Gasteiger partial charge in [0.05, 0.1) is 20.8 Å². The van der Waals surface area contributed by atoms with Crippen LogP contribution in [0.5, 0.6) is 11.5 Å². The normalized spacial score (nSPS) is 18.9. The van der Waals surface area contributed by atoms with Crippen LogP contribution in [0.2, 0.25) is 0 Å². The van der Waals surface area contributed by atoms with Crippen molar-refractivity contribution in [2.45, 2.75) is 39.2 Å². The summed E-state index contributed by atoms with van der Waals surface area (Å²) < 4.78 is 16.1. The number of benzene rings is 1. The minimum atomic E-state index is 0.148. The van der Waals surface area contributed by atoms with E-state index in [1.54, 1.807) is 14.2 Å². The number of hydrogen-bond acceptors (Lipinski definition) is 7. The molecule has 2 saturated heterocycles. The summed E-state index contributed by atoms with van der Waals surface area (Å²) in [5.41, 5.74) is 0.813. The van der Waals surface area contributed by atoms with Crippen molar-refractivity contribution in [2.24, 2.45) is 11.8 Å². The SMILES string of the molecule is COc1ccc(-c2noc(CN3CCC(C(=O)N4CCC(C)CC4)CC3)n2)cc1OC. The van der Waals surface area contributed by atoms with E-state index in [-0.39, 0.29) is 5.92 Å². The molecule has 31 heavy (non-hydrogen) atoms. The number of carbonyl (C=O) groups is 1. The van der Waals surface area contributed by atoms with Gasteiger partial charge in [0.2, 0.25) is 17.6 Å². The summed E-state index contributed by atoms with van der Waals surface area (Å²) in [6.45, 7) is 6.45. The Kier molecular flexibility index (Phi) is 6.75. The first-order chi connectivity index (χ1) is 15.1. The first kappa shape index (κ1) is 21.6. The first-order valence-electron chi connectivity index (χ1n) is 11.1. The minimum absolute atomic E-state index is 0.148. The fourth-order valence-electron chi connectivity index (χ4n) is 4.43. The number of ether oxygens (including phenoxy) is 2. The topological polar surface area (TPSA) is 80.9 Å². The molecule has 2 aromatic rings. The third kappa shape index (κ3) is 5.01. The third-order valence-corrected chi connectivity index (χ3v) is 6.50. The van der Waals surface area contributed by atoms with E-state index in [0.29, 0.717) is 35.7 Å². The van der Waals surface area contributed by atoms with Gasteiger partial charge in [-0.05, 0) is 62.9 Å². The average molecular weight is 429 g/mol. The maximum absolute atomic E-state index is 12.8. The highest BCUT2D eigenvalue weighted by Gasteiger charge is 2.30. The second kappa shape index (κ2) is 9.68. The van der Waals surface area contributed by atoms with Crippen molar-refractivity contribution in [1.82, 2.24) is 19.9 Å². The van der Waals surface area contributed by atoms with Crippen LogP contribution in [0.4, 0.5) is 0 Å². The number of carbonyl (C=O) groups excluding carboxylic acids is 1. The lowest BCUT2D eigenvalue weighted by molar-refractivity contribution is -0.138. The molecule has 168 valence electrons. The summed E-state index contributed by atoms with van der Waals surface area (Å²) in [5, 5.41) is 4.12. The van der Waals surface area contributed by atoms with E-state index < -0.39 is 0 Å². The van der Waals surface area contributed by atoms with Crippen LogP contribution >= 0.6 is 0 Å². The molecule has 0 aliphatic carbocycles. The van der Waals surface area contributed by atoms with Gasteiger partial charge in [0, 0.05) is 24.6 Å². The second-order valence-corrected chi connectivity index (χ2v) is 8.64. The minimum Gasteiger partial charge on any atom is -0.493 e. The molecule has 1 aromatic carbocycles. The zero-order chi connectivity index (χ0) is 21.8. The Labute approximate surface area is 183 Å². The fraction of sp³-hybridized carbons (Fsp3) is 0.609. The van der Waals surface area contributed by atoms with E-state index in [1.165, 1.54) is 0 Å². The van der Waals surface area contributed by atoms with Gasteiger partial charge in [0.1, 0.15) is 0 Å². The van der Waals surface area contributed by atoms with Gasteiger partial charge < -0.3 is 18.9 Å². The number of amides is 1. The standard InChI is InChI=1S/C23H32N4O4/c1-16-6-12-27(13-7-16)23(28)17-8-10-26(11-9-17)15-21-24-22(25-31-21)18-4-5-19(29-2)20(14-18)30-3/h4-5,14,16-17H,6-13,15H2,1-3H3. The number of nitrogens with zero attached hydrogens (tertiary/aromatic N) is 4. The molecule has 0 N–H and O–H groups in total. The molecule has 4 rings (SSSR count). The van der Waals surface area contributed by atoms with E-state index in [4.69, 9.17) is 14.0 Å². The third-order valence-electron chi connectivity index (χ3n) is 6.50. The van der Waals surface area contributed by atoms with E-state index in [1.807, 2.05) is 18.2 Å². The van der Waals surface area contributed by atoms with Crippen molar-refractivity contribution < 1.29 is 18.8 Å². The lowest BCUT2D eigenvalue weighted by atomic mass is 9.93. The lowest BCUT2D eigenvalue weighted by Crippen LogP contribution is -2.45. The summed E-state index contributed by atoms with van der Waals surface area (Å²) in [6, 6.07) is 5.55. The maximum atomic E-state index is 12.8. The Morgan fingerprint density at radius 1 is 1.06 bits per heavy atom. The van der Waals surface area contributed by atoms with E-state index >= 15 is 0 Å². The van der Waals surface area contributed by atoms with Crippen molar-refractivity contribution in [3.8, 4) is 22.9 Å². The smallest absolute Gasteiger partial charge is 0.241 e. The first-order valence-corrected chi connectivity index (χ1v) is 11.1. The van der Waals surface area contributed by atoms with Crippen molar-refractivity contribution in [2.75, 3.05) is 40.4 Å². The predicted molar refractivity (Wildman–Crippen MR) is 116 cm³/mol. The molecule has 0 radical (unpaired) electrons. The van der Waals surface area contributed by atoms with Crippen LogP contribution in [-0.4, -0.2) is 66.2 Å². The van der Waals surface area contributed by atoms with Crippen LogP contribution in [0.3, 0.4) is 0 Å². The molecule has 2 fully saturated rings. The highest BCUT2D eigenvalue weighted by Crippen LogP contribution is 2.31. The molecular weight excluding hydrogens is 396 g/mol. The Morgan fingerprint density at radius 2 is 1.77 bits per heavy atom. The number of piperidine rings is 2. The van der Waals surface area contributed by atoms with Gasteiger partial charge in [-0.15, -0.1) is 0 Å². The van der Waals surface area contributed by atoms with Crippen LogP contribution in [0.25, 0.3) is 11.4 Å². The summed E-state index contributed by atoms with van der Waals surface area (Å²) >= 11 is 0. The summed E-state index contributed by atoms with van der Waals surface area (Å²) in [5.74, 6) is 3.63. The molecular formula is C23H32N4O4. The molecule has 0 unspecified atom stereocenters. The highest BCUT2D eigenvalue weighted by molar-refractivity contribution is 5.79. The number of likely N-dealkylation sites (tertiary alicyclic amines) is 2. The van der Waals surface area contributed by atoms with Gasteiger partial charge in [-0.1, -0.05) is 12.1 Å². The zero-order valence-corrected chi connectivity index (χ0v) is 18.7. The Balaban J connectivity index is 1.31. The van der Waals surface area contributed by atoms with Gasteiger partial charge in [0.25, 0.3) is 0 Å². The van der Waals surface area contributed by atoms with Crippen LogP contribution in [0.15, 0.2) is 22.7 Å². The monoisotopic (exact) mass is 428 g/mol. The Morgan fingerprint density at radius 3 is 2.45 bits per heavy atom. The maximum Gasteiger partial charge on any atom is 0.241 e. The fourth-order valence-corrected chi connectivity index (χ4v) is 4.43. The van der Waals surface area contributed by atoms with Crippen molar-refractivity contribution in [3.63, 3.8) is 0 Å². The van der Waals surface area contributed by atoms with Crippen LogP contribution in [-0.2, 0) is 11.3 Å². The molecule has 8 heteroatoms. The predicted octanol–water partition coefficient (Wildman–Crippen LogP) is 3.22. The van der Waals surface area contributed by atoms with Crippen LogP contribution in [0.1, 0.15) is 38.5 Å². The molecule has 2 aliphatic rings. The number of methoxy groups -OCH3 is 2. The van der Waals surface area contributed by atoms with Gasteiger partial charge in [0.15, 0.2) is 11.5 Å². The molecule has 2 aliphatic heterocycles. The molecule has 3 heterocycles.